The second-order valence-corrected chi connectivity index (χ2v) is 6.18. The van der Waals surface area contributed by atoms with Crippen molar-refractivity contribution < 1.29 is 4.74 Å². The van der Waals surface area contributed by atoms with E-state index in [1.807, 2.05) is 37.3 Å². The fraction of sp³-hybridized carbons (Fsp3) is 0.133. The molecule has 0 atom stereocenters. The average molecular weight is 386 g/mol. The third-order valence-electron chi connectivity index (χ3n) is 3.01. The van der Waals surface area contributed by atoms with Gasteiger partial charge in [-0.2, -0.15) is 0 Å². The Bertz CT molecular complexity index is 706. The molecule has 0 amide bonds. The number of hydrogen-bond acceptors (Lipinski definition) is 3. The minimum Gasteiger partial charge on any atom is -0.497 e. The first-order chi connectivity index (χ1) is 9.92. The van der Waals surface area contributed by atoms with Gasteiger partial charge in [0.15, 0.2) is 0 Å². The quantitative estimate of drug-likeness (QED) is 0.742. The van der Waals surface area contributed by atoms with Gasteiger partial charge < -0.3 is 15.8 Å². The Kier molecular flexibility index (Phi) is 5.08. The summed E-state index contributed by atoms with van der Waals surface area (Å²) in [5.74, 6) is 0.715. The number of benzene rings is 2. The van der Waals surface area contributed by atoms with Gasteiger partial charge in [-0.15, -0.1) is 0 Å². The fourth-order valence-electron chi connectivity index (χ4n) is 1.86. The standard InChI is InChI=1S/C15H14BrClN2OS/c1-8-5-11(16)14(7-12(8)17)19-13-6-9(20-2)3-4-10(13)15(18)21/h3-7,19H,1-2H3,(H2,18,21). The SMILES string of the molecule is COc1ccc(C(N)=S)c(Nc2cc(Cl)c(C)cc2Br)c1. The molecular weight excluding hydrogens is 372 g/mol. The molecule has 21 heavy (non-hydrogen) atoms. The maximum absolute atomic E-state index is 6.18. The topological polar surface area (TPSA) is 47.3 Å². The molecule has 0 fully saturated rings. The molecule has 0 bridgehead atoms. The van der Waals surface area contributed by atoms with Crippen molar-refractivity contribution in [3.63, 3.8) is 0 Å². The first kappa shape index (κ1) is 16.1. The van der Waals surface area contributed by atoms with Gasteiger partial charge in [-0.1, -0.05) is 23.8 Å². The molecule has 0 unspecified atom stereocenters. The highest BCUT2D eigenvalue weighted by Crippen LogP contribution is 2.33. The number of rotatable bonds is 4. The highest BCUT2D eigenvalue weighted by atomic mass is 79.9. The minimum atomic E-state index is 0.314. The van der Waals surface area contributed by atoms with E-state index < -0.39 is 0 Å². The van der Waals surface area contributed by atoms with Crippen LogP contribution in [0.2, 0.25) is 5.02 Å². The van der Waals surface area contributed by atoms with Crippen LogP contribution in [0.1, 0.15) is 11.1 Å². The van der Waals surface area contributed by atoms with E-state index in [1.165, 1.54) is 0 Å². The summed E-state index contributed by atoms with van der Waals surface area (Å²) in [6.07, 6.45) is 0. The Balaban J connectivity index is 2.47. The maximum atomic E-state index is 6.18. The van der Waals surface area contributed by atoms with Crippen LogP contribution in [-0.4, -0.2) is 12.1 Å². The number of ether oxygens (including phenoxy) is 1. The van der Waals surface area contributed by atoms with E-state index >= 15 is 0 Å². The van der Waals surface area contributed by atoms with Crippen LogP contribution in [0.15, 0.2) is 34.8 Å². The number of aryl methyl sites for hydroxylation is 1. The number of hydrogen-bond donors (Lipinski definition) is 2. The van der Waals surface area contributed by atoms with Gasteiger partial charge in [0.1, 0.15) is 10.7 Å². The lowest BCUT2D eigenvalue weighted by atomic mass is 10.1. The number of thiocarbonyl (C=S) groups is 1. The normalized spacial score (nSPS) is 10.3. The lowest BCUT2D eigenvalue weighted by Crippen LogP contribution is -2.12. The molecule has 2 aromatic rings. The zero-order valence-electron chi connectivity index (χ0n) is 11.5. The highest BCUT2D eigenvalue weighted by Gasteiger charge is 2.10. The van der Waals surface area contributed by atoms with Crippen LogP contribution in [0.5, 0.6) is 5.75 Å². The molecule has 0 spiro atoms. The van der Waals surface area contributed by atoms with Crippen molar-refractivity contribution in [3.8, 4) is 5.75 Å². The predicted molar refractivity (Wildman–Crippen MR) is 96.1 cm³/mol. The van der Waals surface area contributed by atoms with Crippen molar-refractivity contribution in [2.75, 3.05) is 12.4 Å². The molecule has 0 aliphatic carbocycles. The molecule has 0 aliphatic rings. The molecule has 0 aromatic heterocycles. The Labute approximate surface area is 142 Å². The van der Waals surface area contributed by atoms with Crippen molar-refractivity contribution in [2.24, 2.45) is 5.73 Å². The monoisotopic (exact) mass is 384 g/mol. The summed E-state index contributed by atoms with van der Waals surface area (Å²) in [6, 6.07) is 9.29. The van der Waals surface area contributed by atoms with E-state index in [2.05, 4.69) is 21.2 Å². The fourth-order valence-corrected chi connectivity index (χ4v) is 2.75. The van der Waals surface area contributed by atoms with E-state index in [0.717, 1.165) is 27.0 Å². The molecule has 0 saturated carbocycles. The molecule has 0 aliphatic heterocycles. The lowest BCUT2D eigenvalue weighted by molar-refractivity contribution is 0.415. The Morgan fingerprint density at radius 3 is 2.62 bits per heavy atom. The number of halogens is 2. The van der Waals surface area contributed by atoms with Crippen LogP contribution in [0, 0.1) is 6.92 Å². The van der Waals surface area contributed by atoms with Crippen LogP contribution in [-0.2, 0) is 0 Å². The summed E-state index contributed by atoms with van der Waals surface area (Å²) in [5, 5.41) is 3.97. The summed E-state index contributed by atoms with van der Waals surface area (Å²) in [4.78, 5) is 0.314. The van der Waals surface area contributed by atoms with Gasteiger partial charge >= 0.3 is 0 Å². The van der Waals surface area contributed by atoms with E-state index in [9.17, 15) is 0 Å². The molecule has 6 heteroatoms. The zero-order valence-corrected chi connectivity index (χ0v) is 14.7. The summed E-state index contributed by atoms with van der Waals surface area (Å²) >= 11 is 14.8. The molecule has 0 saturated heterocycles. The van der Waals surface area contributed by atoms with E-state index in [4.69, 9.17) is 34.3 Å². The molecule has 0 radical (unpaired) electrons. The van der Waals surface area contributed by atoms with Gasteiger partial charge in [0.25, 0.3) is 0 Å². The average Bonchev–Trinajstić information content (AvgIpc) is 2.44. The Morgan fingerprint density at radius 2 is 2.00 bits per heavy atom. The van der Waals surface area contributed by atoms with Gasteiger partial charge in [0.05, 0.1) is 18.5 Å². The molecule has 2 aromatic carbocycles. The Morgan fingerprint density at radius 1 is 1.29 bits per heavy atom. The third-order valence-corrected chi connectivity index (χ3v) is 4.29. The van der Waals surface area contributed by atoms with Gasteiger partial charge in [0.2, 0.25) is 0 Å². The van der Waals surface area contributed by atoms with Crippen molar-refractivity contribution in [3.05, 3.63) is 51.0 Å². The van der Waals surface area contributed by atoms with Crippen molar-refractivity contribution >= 4 is 56.1 Å². The predicted octanol–water partition coefficient (Wildman–Crippen LogP) is 4.80. The smallest absolute Gasteiger partial charge is 0.120 e. The second kappa shape index (κ2) is 6.64. The molecule has 3 N–H and O–H groups in total. The second-order valence-electron chi connectivity index (χ2n) is 4.48. The van der Waals surface area contributed by atoms with E-state index in [0.29, 0.717) is 15.8 Å². The molecule has 2 rings (SSSR count). The van der Waals surface area contributed by atoms with Crippen molar-refractivity contribution in [1.82, 2.24) is 0 Å². The van der Waals surface area contributed by atoms with Gasteiger partial charge in [0, 0.05) is 21.1 Å². The minimum absolute atomic E-state index is 0.314. The van der Waals surface area contributed by atoms with E-state index in [-0.39, 0.29) is 0 Å². The number of methoxy groups -OCH3 is 1. The van der Waals surface area contributed by atoms with Gasteiger partial charge in [-0.3, -0.25) is 0 Å². The number of anilines is 2. The van der Waals surface area contributed by atoms with Crippen LogP contribution >= 0.6 is 39.7 Å². The number of nitrogens with one attached hydrogen (secondary N) is 1. The zero-order chi connectivity index (χ0) is 15.6. The number of nitrogens with two attached hydrogens (primary N) is 1. The van der Waals surface area contributed by atoms with Gasteiger partial charge in [-0.05, 0) is 52.7 Å². The maximum Gasteiger partial charge on any atom is 0.120 e. The van der Waals surface area contributed by atoms with Crippen LogP contribution in [0.25, 0.3) is 0 Å². The van der Waals surface area contributed by atoms with E-state index in [1.54, 1.807) is 7.11 Å². The summed E-state index contributed by atoms with van der Waals surface area (Å²) in [5.41, 5.74) is 9.10. The van der Waals surface area contributed by atoms with Crippen molar-refractivity contribution in [2.45, 2.75) is 6.92 Å². The van der Waals surface area contributed by atoms with Crippen molar-refractivity contribution in [1.29, 1.82) is 0 Å². The summed E-state index contributed by atoms with van der Waals surface area (Å²) < 4.78 is 6.14. The third kappa shape index (κ3) is 3.67. The first-order valence-electron chi connectivity index (χ1n) is 6.13. The summed E-state index contributed by atoms with van der Waals surface area (Å²) in [7, 11) is 1.61. The lowest BCUT2D eigenvalue weighted by Gasteiger charge is -2.15. The van der Waals surface area contributed by atoms with Crippen LogP contribution in [0.3, 0.4) is 0 Å². The molecule has 110 valence electrons. The molecule has 3 nitrogen and oxygen atoms in total. The first-order valence-corrected chi connectivity index (χ1v) is 7.71. The van der Waals surface area contributed by atoms with Crippen LogP contribution < -0.4 is 15.8 Å². The summed E-state index contributed by atoms with van der Waals surface area (Å²) in [6.45, 7) is 1.95. The Hall–Kier alpha value is -1.30. The largest absolute Gasteiger partial charge is 0.497 e. The van der Waals surface area contributed by atoms with Crippen LogP contribution in [0.4, 0.5) is 11.4 Å². The highest BCUT2D eigenvalue weighted by molar-refractivity contribution is 9.10. The van der Waals surface area contributed by atoms with Gasteiger partial charge in [-0.25, -0.2) is 0 Å². The molecular formula is C15H14BrClN2OS. The molecule has 0 heterocycles.